The minimum absolute atomic E-state index is 0.112. The van der Waals surface area contributed by atoms with Crippen molar-refractivity contribution in [3.8, 4) is 5.75 Å². The second kappa shape index (κ2) is 6.57. The molecule has 3 rings (SSSR count). The zero-order valence-electron chi connectivity index (χ0n) is 15.6. The van der Waals surface area contributed by atoms with Crippen molar-refractivity contribution < 1.29 is 14.0 Å². The molecule has 130 valence electrons. The summed E-state index contributed by atoms with van der Waals surface area (Å²) in [5.74, 6) is 1.47. The van der Waals surface area contributed by atoms with Crippen LogP contribution in [0, 0.1) is 5.92 Å². The van der Waals surface area contributed by atoms with E-state index in [1.165, 1.54) is 18.4 Å². The number of para-hydroxylation sites is 1. The molecule has 0 spiro atoms. The highest BCUT2D eigenvalue weighted by molar-refractivity contribution is 6.45. The van der Waals surface area contributed by atoms with Gasteiger partial charge in [-0.05, 0) is 65.3 Å². The quantitative estimate of drug-likeness (QED) is 0.730. The average Bonchev–Trinajstić information content (AvgIpc) is 3.01. The fourth-order valence-electron chi connectivity index (χ4n) is 3.68. The molecule has 0 radical (unpaired) electrons. The van der Waals surface area contributed by atoms with Crippen molar-refractivity contribution in [1.29, 1.82) is 0 Å². The lowest BCUT2D eigenvalue weighted by Crippen LogP contribution is -2.41. The molecule has 1 aromatic carbocycles. The van der Waals surface area contributed by atoms with Crippen LogP contribution in [0.3, 0.4) is 0 Å². The summed E-state index contributed by atoms with van der Waals surface area (Å²) in [6.07, 6.45) is 6.86. The molecule has 1 aliphatic carbocycles. The van der Waals surface area contributed by atoms with Crippen molar-refractivity contribution in [3.05, 3.63) is 35.4 Å². The minimum Gasteiger partial charge on any atom is -0.496 e. The third-order valence-corrected chi connectivity index (χ3v) is 5.80. The van der Waals surface area contributed by atoms with Crippen molar-refractivity contribution in [2.45, 2.75) is 64.5 Å². The van der Waals surface area contributed by atoms with E-state index in [1.54, 1.807) is 7.11 Å². The maximum atomic E-state index is 6.20. The van der Waals surface area contributed by atoms with Gasteiger partial charge in [-0.15, -0.1) is 0 Å². The monoisotopic (exact) mass is 328 g/mol. The number of hydrogen-bond donors (Lipinski definition) is 0. The standard InChI is InChI=1S/C20H29BO3/c1-19(2)20(3,4)24-21(23-19)14-17-11-8-10-15(17)13-16-9-6-7-12-18(16)22-5/h6-7,9,12-13,17H,8,10-11,14H2,1-5H3/b15-13+. The van der Waals surface area contributed by atoms with E-state index in [-0.39, 0.29) is 18.3 Å². The predicted octanol–water partition coefficient (Wildman–Crippen LogP) is 4.97. The average molecular weight is 328 g/mol. The van der Waals surface area contributed by atoms with Crippen LogP contribution in [0.1, 0.15) is 52.5 Å². The molecule has 1 atom stereocenters. The van der Waals surface area contributed by atoms with Crippen molar-refractivity contribution in [3.63, 3.8) is 0 Å². The molecule has 0 bridgehead atoms. The van der Waals surface area contributed by atoms with E-state index in [4.69, 9.17) is 14.0 Å². The summed E-state index contributed by atoms with van der Waals surface area (Å²) < 4.78 is 17.9. The molecule has 1 aromatic rings. The Morgan fingerprint density at radius 3 is 2.50 bits per heavy atom. The van der Waals surface area contributed by atoms with Crippen molar-refractivity contribution in [1.82, 2.24) is 0 Å². The smallest absolute Gasteiger partial charge is 0.458 e. The van der Waals surface area contributed by atoms with Gasteiger partial charge in [0.2, 0.25) is 0 Å². The lowest BCUT2D eigenvalue weighted by atomic mass is 9.75. The van der Waals surface area contributed by atoms with E-state index in [0.29, 0.717) is 5.92 Å². The van der Waals surface area contributed by atoms with E-state index in [2.05, 4.69) is 45.9 Å². The summed E-state index contributed by atoms with van der Waals surface area (Å²) in [6.45, 7) is 8.47. The van der Waals surface area contributed by atoms with E-state index >= 15 is 0 Å². The van der Waals surface area contributed by atoms with Crippen LogP contribution in [-0.4, -0.2) is 25.4 Å². The normalized spacial score (nSPS) is 27.0. The number of allylic oxidation sites excluding steroid dienone is 1. The summed E-state index contributed by atoms with van der Waals surface area (Å²) in [4.78, 5) is 0. The van der Waals surface area contributed by atoms with Crippen LogP contribution >= 0.6 is 0 Å². The van der Waals surface area contributed by atoms with Crippen LogP contribution in [0.2, 0.25) is 6.32 Å². The lowest BCUT2D eigenvalue weighted by molar-refractivity contribution is 0.00578. The van der Waals surface area contributed by atoms with Crippen LogP contribution in [-0.2, 0) is 9.31 Å². The second-order valence-corrected chi connectivity index (χ2v) is 7.97. The van der Waals surface area contributed by atoms with Gasteiger partial charge in [-0.1, -0.05) is 29.8 Å². The van der Waals surface area contributed by atoms with Crippen molar-refractivity contribution in [2.24, 2.45) is 5.92 Å². The Labute approximate surface area is 146 Å². The number of rotatable bonds is 4. The summed E-state index contributed by atoms with van der Waals surface area (Å²) in [5.41, 5.74) is 2.16. The molecule has 4 heteroatoms. The van der Waals surface area contributed by atoms with Gasteiger partial charge in [-0.25, -0.2) is 0 Å². The van der Waals surface area contributed by atoms with Crippen LogP contribution in [0.15, 0.2) is 29.8 Å². The predicted molar refractivity (Wildman–Crippen MR) is 99.2 cm³/mol. The van der Waals surface area contributed by atoms with E-state index < -0.39 is 0 Å². The molecule has 2 fully saturated rings. The Kier molecular flexibility index (Phi) is 4.81. The Morgan fingerprint density at radius 2 is 1.83 bits per heavy atom. The van der Waals surface area contributed by atoms with Gasteiger partial charge < -0.3 is 14.0 Å². The van der Waals surface area contributed by atoms with Gasteiger partial charge in [-0.3, -0.25) is 0 Å². The zero-order valence-corrected chi connectivity index (χ0v) is 15.6. The molecule has 0 N–H and O–H groups in total. The molecule has 1 saturated heterocycles. The third kappa shape index (κ3) is 3.40. The summed E-state index contributed by atoms with van der Waals surface area (Å²) in [7, 11) is 1.62. The first-order valence-corrected chi connectivity index (χ1v) is 9.01. The SMILES string of the molecule is COc1ccccc1/C=C1\CCCC1CB1OC(C)(C)C(C)(C)O1. The third-order valence-electron chi connectivity index (χ3n) is 5.80. The number of ether oxygens (including phenoxy) is 1. The van der Waals surface area contributed by atoms with E-state index in [0.717, 1.165) is 24.1 Å². The highest BCUT2D eigenvalue weighted by atomic mass is 16.7. The van der Waals surface area contributed by atoms with Crippen LogP contribution in [0.25, 0.3) is 6.08 Å². The summed E-state index contributed by atoms with van der Waals surface area (Å²) in [5, 5.41) is 0. The van der Waals surface area contributed by atoms with Crippen LogP contribution in [0.4, 0.5) is 0 Å². The second-order valence-electron chi connectivity index (χ2n) is 7.97. The van der Waals surface area contributed by atoms with Crippen molar-refractivity contribution in [2.75, 3.05) is 7.11 Å². The molecule has 0 aromatic heterocycles. The van der Waals surface area contributed by atoms with Crippen LogP contribution in [0.5, 0.6) is 5.75 Å². The van der Waals surface area contributed by atoms with Gasteiger partial charge >= 0.3 is 7.12 Å². The van der Waals surface area contributed by atoms with E-state index in [9.17, 15) is 0 Å². The molecule has 1 saturated carbocycles. The fraction of sp³-hybridized carbons (Fsp3) is 0.600. The first-order valence-electron chi connectivity index (χ1n) is 9.01. The van der Waals surface area contributed by atoms with Gasteiger partial charge in [0.15, 0.2) is 0 Å². The van der Waals surface area contributed by atoms with E-state index in [1.807, 2.05) is 12.1 Å². The lowest BCUT2D eigenvalue weighted by Gasteiger charge is -2.32. The summed E-state index contributed by atoms with van der Waals surface area (Å²) >= 11 is 0. The number of methoxy groups -OCH3 is 1. The Bertz CT molecular complexity index is 605. The Morgan fingerprint density at radius 1 is 1.17 bits per heavy atom. The maximum absolute atomic E-state index is 6.20. The topological polar surface area (TPSA) is 27.7 Å². The minimum atomic E-state index is -0.247. The molecule has 24 heavy (non-hydrogen) atoms. The molecular weight excluding hydrogens is 299 g/mol. The molecule has 2 aliphatic rings. The fourth-order valence-corrected chi connectivity index (χ4v) is 3.68. The molecule has 0 amide bonds. The van der Waals surface area contributed by atoms with Gasteiger partial charge in [0.25, 0.3) is 0 Å². The van der Waals surface area contributed by atoms with Crippen LogP contribution < -0.4 is 4.74 Å². The Hall–Kier alpha value is -1.26. The first-order chi connectivity index (χ1) is 11.3. The van der Waals surface area contributed by atoms with Gasteiger partial charge in [-0.2, -0.15) is 0 Å². The molecule has 1 heterocycles. The first kappa shape index (κ1) is 17.6. The van der Waals surface area contributed by atoms with Crippen molar-refractivity contribution >= 4 is 13.2 Å². The number of benzene rings is 1. The van der Waals surface area contributed by atoms with Gasteiger partial charge in [0, 0.05) is 5.56 Å². The maximum Gasteiger partial charge on any atom is 0.458 e. The molecule has 3 nitrogen and oxygen atoms in total. The van der Waals surface area contributed by atoms with Gasteiger partial charge in [0.1, 0.15) is 5.75 Å². The number of hydrogen-bond acceptors (Lipinski definition) is 3. The summed E-state index contributed by atoms with van der Waals surface area (Å²) in [6, 6.07) is 8.21. The Balaban J connectivity index is 1.74. The molecule has 1 unspecified atom stereocenters. The van der Waals surface area contributed by atoms with Gasteiger partial charge in [0.05, 0.1) is 18.3 Å². The highest BCUT2D eigenvalue weighted by Gasteiger charge is 2.51. The molecule has 1 aliphatic heterocycles. The zero-order chi connectivity index (χ0) is 17.4. The largest absolute Gasteiger partial charge is 0.496 e. The molecular formula is C20H29BO3. The highest BCUT2D eigenvalue weighted by Crippen LogP contribution is 2.43.